The summed E-state index contributed by atoms with van der Waals surface area (Å²) in [7, 11) is 0. The number of nitrogens with one attached hydrogen (secondary N) is 1. The highest BCUT2D eigenvalue weighted by atomic mass is 19.1. The van der Waals surface area contributed by atoms with Gasteiger partial charge in [0.05, 0.1) is 0 Å². The first-order valence-electron chi connectivity index (χ1n) is 8.21. The first-order chi connectivity index (χ1) is 11.6. The Bertz CT molecular complexity index is 686. The van der Waals surface area contributed by atoms with E-state index in [9.17, 15) is 9.18 Å². The molecular weight excluding hydrogens is 307 g/mol. The lowest BCUT2D eigenvalue weighted by molar-refractivity contribution is -0.121. The lowest BCUT2D eigenvalue weighted by atomic mass is 9.94. The van der Waals surface area contributed by atoms with Gasteiger partial charge >= 0.3 is 0 Å². The second kappa shape index (κ2) is 7.49. The molecule has 2 aromatic rings. The summed E-state index contributed by atoms with van der Waals surface area (Å²) >= 11 is 0. The van der Waals surface area contributed by atoms with Crippen molar-refractivity contribution in [3.63, 3.8) is 0 Å². The van der Waals surface area contributed by atoms with E-state index < -0.39 is 0 Å². The summed E-state index contributed by atoms with van der Waals surface area (Å²) in [5.41, 5.74) is 0.968. The largest absolute Gasteiger partial charge is 0.297 e. The van der Waals surface area contributed by atoms with E-state index in [1.54, 1.807) is 30.6 Å². The fourth-order valence-electron chi connectivity index (χ4n) is 3.10. The minimum atomic E-state index is -0.212. The van der Waals surface area contributed by atoms with Gasteiger partial charge in [0.2, 0.25) is 11.9 Å². The molecule has 1 fully saturated rings. The van der Waals surface area contributed by atoms with Crippen LogP contribution in [0, 0.1) is 11.7 Å². The average molecular weight is 328 g/mol. The summed E-state index contributed by atoms with van der Waals surface area (Å²) in [5.74, 6) is 0.0681. The molecule has 1 aliphatic heterocycles. The Morgan fingerprint density at radius 1 is 1.25 bits per heavy atom. The molecule has 0 spiro atoms. The van der Waals surface area contributed by atoms with Crippen molar-refractivity contribution in [1.29, 1.82) is 0 Å². The Morgan fingerprint density at radius 3 is 2.62 bits per heavy atom. The van der Waals surface area contributed by atoms with E-state index in [1.165, 1.54) is 6.07 Å². The summed E-state index contributed by atoms with van der Waals surface area (Å²) in [6.07, 6.45) is 4.76. The molecule has 6 heteroatoms. The molecule has 0 bridgehead atoms. The molecule has 0 radical (unpaired) electrons. The SMILES string of the molecule is C[C@H](c1cccc(F)c1)N1CCC(C(=O)Nc2ncccn2)CC1. The Kier molecular flexibility index (Phi) is 5.15. The summed E-state index contributed by atoms with van der Waals surface area (Å²) in [5, 5.41) is 2.77. The summed E-state index contributed by atoms with van der Waals surface area (Å²) in [6.45, 7) is 3.70. The van der Waals surface area contributed by atoms with Crippen molar-refractivity contribution in [2.75, 3.05) is 18.4 Å². The molecule has 1 aliphatic rings. The highest BCUT2D eigenvalue weighted by Gasteiger charge is 2.28. The zero-order valence-corrected chi connectivity index (χ0v) is 13.7. The van der Waals surface area contributed by atoms with Gasteiger partial charge in [0, 0.05) is 24.4 Å². The number of likely N-dealkylation sites (tertiary alicyclic amines) is 1. The topological polar surface area (TPSA) is 58.1 Å². The normalized spacial score (nSPS) is 17.4. The van der Waals surface area contributed by atoms with Crippen molar-refractivity contribution in [1.82, 2.24) is 14.9 Å². The number of hydrogen-bond acceptors (Lipinski definition) is 4. The molecule has 0 unspecified atom stereocenters. The second-order valence-electron chi connectivity index (χ2n) is 6.10. The van der Waals surface area contributed by atoms with E-state index in [-0.39, 0.29) is 23.7 Å². The summed E-state index contributed by atoms with van der Waals surface area (Å²) in [6, 6.07) is 8.57. The number of carbonyl (C=O) groups is 1. The Labute approximate surface area is 140 Å². The fourth-order valence-corrected chi connectivity index (χ4v) is 3.10. The number of amides is 1. The lowest BCUT2D eigenvalue weighted by Gasteiger charge is -2.35. The molecule has 2 heterocycles. The van der Waals surface area contributed by atoms with Gasteiger partial charge < -0.3 is 0 Å². The number of halogens is 1. The highest BCUT2D eigenvalue weighted by molar-refractivity contribution is 5.90. The second-order valence-corrected chi connectivity index (χ2v) is 6.10. The summed E-state index contributed by atoms with van der Waals surface area (Å²) < 4.78 is 13.4. The van der Waals surface area contributed by atoms with Crippen LogP contribution in [0.25, 0.3) is 0 Å². The molecule has 1 N–H and O–H groups in total. The van der Waals surface area contributed by atoms with Crippen LogP contribution in [0.3, 0.4) is 0 Å². The van der Waals surface area contributed by atoms with Crippen molar-refractivity contribution in [2.24, 2.45) is 5.92 Å². The lowest BCUT2D eigenvalue weighted by Crippen LogP contribution is -2.39. The minimum absolute atomic E-state index is 0.0285. The quantitative estimate of drug-likeness (QED) is 0.937. The molecule has 24 heavy (non-hydrogen) atoms. The third kappa shape index (κ3) is 3.94. The number of hydrogen-bond donors (Lipinski definition) is 1. The molecule has 0 saturated carbocycles. The van der Waals surface area contributed by atoms with Crippen LogP contribution in [0.2, 0.25) is 0 Å². The maximum absolute atomic E-state index is 13.4. The van der Waals surface area contributed by atoms with Gasteiger partial charge in [-0.3, -0.25) is 15.0 Å². The van der Waals surface area contributed by atoms with E-state index in [4.69, 9.17) is 0 Å². The van der Waals surface area contributed by atoms with E-state index >= 15 is 0 Å². The van der Waals surface area contributed by atoms with Crippen molar-refractivity contribution in [2.45, 2.75) is 25.8 Å². The molecule has 5 nitrogen and oxygen atoms in total. The smallest absolute Gasteiger partial charge is 0.229 e. The molecule has 1 aromatic heterocycles. The zero-order valence-electron chi connectivity index (χ0n) is 13.7. The third-order valence-corrected chi connectivity index (χ3v) is 4.58. The van der Waals surface area contributed by atoms with Crippen LogP contribution < -0.4 is 5.32 Å². The molecule has 126 valence electrons. The maximum Gasteiger partial charge on any atom is 0.229 e. The number of piperidine rings is 1. The van der Waals surface area contributed by atoms with Crippen molar-refractivity contribution in [3.8, 4) is 0 Å². The number of nitrogens with zero attached hydrogens (tertiary/aromatic N) is 3. The Balaban J connectivity index is 1.54. The number of rotatable bonds is 4. The van der Waals surface area contributed by atoms with E-state index in [0.29, 0.717) is 5.95 Å². The van der Waals surface area contributed by atoms with Crippen LogP contribution in [-0.2, 0) is 4.79 Å². The summed E-state index contributed by atoms with van der Waals surface area (Å²) in [4.78, 5) is 22.6. The number of carbonyl (C=O) groups excluding carboxylic acids is 1. The predicted molar refractivity (Wildman–Crippen MR) is 89.8 cm³/mol. The van der Waals surface area contributed by atoms with Crippen molar-refractivity contribution < 1.29 is 9.18 Å². The molecule has 0 aliphatic carbocycles. The molecule has 1 atom stereocenters. The monoisotopic (exact) mass is 328 g/mol. The van der Waals surface area contributed by atoms with Gasteiger partial charge in [-0.25, -0.2) is 14.4 Å². The molecule has 1 amide bonds. The number of anilines is 1. The molecule has 3 rings (SSSR count). The first-order valence-corrected chi connectivity index (χ1v) is 8.21. The van der Waals surface area contributed by atoms with Gasteiger partial charge in [-0.1, -0.05) is 12.1 Å². The third-order valence-electron chi connectivity index (χ3n) is 4.58. The van der Waals surface area contributed by atoms with Gasteiger partial charge in [-0.05, 0) is 56.6 Å². The number of aromatic nitrogens is 2. The first kappa shape index (κ1) is 16.5. The van der Waals surface area contributed by atoms with Crippen LogP contribution >= 0.6 is 0 Å². The van der Waals surface area contributed by atoms with Crippen LogP contribution in [0.5, 0.6) is 0 Å². The zero-order chi connectivity index (χ0) is 16.9. The molecule has 1 saturated heterocycles. The van der Waals surface area contributed by atoms with Crippen LogP contribution in [0.15, 0.2) is 42.7 Å². The Hall–Kier alpha value is -2.34. The fraction of sp³-hybridized carbons (Fsp3) is 0.389. The molecular formula is C18H21FN4O. The van der Waals surface area contributed by atoms with Crippen molar-refractivity contribution >= 4 is 11.9 Å². The van der Waals surface area contributed by atoms with E-state index in [1.807, 2.05) is 6.07 Å². The van der Waals surface area contributed by atoms with Crippen LogP contribution in [0.4, 0.5) is 10.3 Å². The highest BCUT2D eigenvalue weighted by Crippen LogP contribution is 2.27. The minimum Gasteiger partial charge on any atom is -0.297 e. The Morgan fingerprint density at radius 2 is 1.96 bits per heavy atom. The van der Waals surface area contributed by atoms with Crippen molar-refractivity contribution in [3.05, 3.63) is 54.1 Å². The standard InChI is InChI=1S/C18H21FN4O/c1-13(15-4-2-5-16(19)12-15)23-10-6-14(7-11-23)17(24)22-18-20-8-3-9-21-18/h2-5,8-9,12-14H,6-7,10-11H2,1H3,(H,20,21,22,24)/t13-/m1/s1. The van der Waals surface area contributed by atoms with Gasteiger partial charge in [0.25, 0.3) is 0 Å². The van der Waals surface area contributed by atoms with Gasteiger partial charge in [0.1, 0.15) is 5.82 Å². The molecule has 1 aromatic carbocycles. The van der Waals surface area contributed by atoms with Crippen LogP contribution in [-0.4, -0.2) is 33.9 Å². The maximum atomic E-state index is 13.4. The number of benzene rings is 1. The van der Waals surface area contributed by atoms with E-state index in [0.717, 1.165) is 31.5 Å². The van der Waals surface area contributed by atoms with Gasteiger partial charge in [0.15, 0.2) is 0 Å². The van der Waals surface area contributed by atoms with E-state index in [2.05, 4.69) is 27.1 Å². The average Bonchev–Trinajstić information content (AvgIpc) is 2.62. The van der Waals surface area contributed by atoms with Gasteiger partial charge in [-0.2, -0.15) is 0 Å². The van der Waals surface area contributed by atoms with Gasteiger partial charge in [-0.15, -0.1) is 0 Å². The predicted octanol–water partition coefficient (Wildman–Crippen LogP) is 3.03. The van der Waals surface area contributed by atoms with Crippen LogP contribution in [0.1, 0.15) is 31.4 Å².